The molecule has 3 nitrogen and oxygen atoms in total. The van der Waals surface area contributed by atoms with Crippen LogP contribution in [0.25, 0.3) is 6.08 Å². The molecule has 5 heteroatoms. The lowest BCUT2D eigenvalue weighted by Crippen LogP contribution is -1.99. The van der Waals surface area contributed by atoms with E-state index in [2.05, 4.69) is 4.74 Å². The number of hydrogen-bond donors (Lipinski definition) is 0. The van der Waals surface area contributed by atoms with Crippen molar-refractivity contribution in [2.24, 2.45) is 0 Å². The molecular weight excluding hydrogens is 242 g/mol. The Morgan fingerprint density at radius 2 is 2.17 bits per heavy atom. The normalized spacial score (nSPS) is 10.9. The molecular formula is C13H14F2O3. The maximum atomic E-state index is 12.8. The molecule has 0 aromatic heterocycles. The SMILES string of the molecule is CCOC(=O)/C=C/c1ccc(OC)cc1C(F)F. The van der Waals surface area contributed by atoms with Crippen LogP contribution in [0.1, 0.15) is 24.5 Å². The molecule has 0 amide bonds. The van der Waals surface area contributed by atoms with Gasteiger partial charge in [-0.1, -0.05) is 6.07 Å². The number of carbonyl (C=O) groups excluding carboxylic acids is 1. The zero-order chi connectivity index (χ0) is 13.5. The number of alkyl halides is 2. The van der Waals surface area contributed by atoms with E-state index >= 15 is 0 Å². The summed E-state index contributed by atoms with van der Waals surface area (Å²) in [6.45, 7) is 1.91. The second-order valence-electron chi connectivity index (χ2n) is 3.38. The van der Waals surface area contributed by atoms with E-state index in [0.29, 0.717) is 5.75 Å². The van der Waals surface area contributed by atoms with Gasteiger partial charge in [-0.15, -0.1) is 0 Å². The van der Waals surface area contributed by atoms with E-state index in [4.69, 9.17) is 4.74 Å². The zero-order valence-corrected chi connectivity index (χ0v) is 10.2. The summed E-state index contributed by atoms with van der Waals surface area (Å²) in [5.41, 5.74) is 0.0775. The summed E-state index contributed by atoms with van der Waals surface area (Å²) >= 11 is 0. The molecule has 0 fully saturated rings. The summed E-state index contributed by atoms with van der Waals surface area (Å²) in [5, 5.41) is 0. The minimum absolute atomic E-state index is 0.185. The molecule has 0 aliphatic rings. The lowest BCUT2D eigenvalue weighted by atomic mass is 10.1. The first-order valence-corrected chi connectivity index (χ1v) is 5.39. The molecule has 0 N–H and O–H groups in total. The Hall–Kier alpha value is -1.91. The van der Waals surface area contributed by atoms with Gasteiger partial charge in [-0.25, -0.2) is 13.6 Å². The van der Waals surface area contributed by atoms with E-state index < -0.39 is 12.4 Å². The second-order valence-corrected chi connectivity index (χ2v) is 3.38. The van der Waals surface area contributed by atoms with Crippen LogP contribution < -0.4 is 4.74 Å². The first kappa shape index (κ1) is 14.2. The fraction of sp³-hybridized carbons (Fsp3) is 0.308. The number of methoxy groups -OCH3 is 1. The van der Waals surface area contributed by atoms with Crippen molar-refractivity contribution in [2.75, 3.05) is 13.7 Å². The molecule has 0 heterocycles. The molecule has 0 unspecified atom stereocenters. The van der Waals surface area contributed by atoms with Gasteiger partial charge in [0.2, 0.25) is 0 Å². The average Bonchev–Trinajstić information content (AvgIpc) is 2.36. The second kappa shape index (κ2) is 6.74. The molecule has 1 aromatic carbocycles. The van der Waals surface area contributed by atoms with Crippen molar-refractivity contribution in [1.29, 1.82) is 0 Å². The standard InChI is InChI=1S/C13H14F2O3/c1-3-18-12(16)7-5-9-4-6-10(17-2)8-11(9)13(14)15/h4-8,13H,3H2,1-2H3/b7-5+. The van der Waals surface area contributed by atoms with Crippen molar-refractivity contribution in [2.45, 2.75) is 13.3 Å². The Bertz CT molecular complexity index is 442. The summed E-state index contributed by atoms with van der Waals surface area (Å²) in [4.78, 5) is 11.1. The van der Waals surface area contributed by atoms with E-state index in [1.165, 1.54) is 25.3 Å². The largest absolute Gasteiger partial charge is 0.497 e. The van der Waals surface area contributed by atoms with Gasteiger partial charge in [0, 0.05) is 11.6 Å². The van der Waals surface area contributed by atoms with Crippen molar-refractivity contribution in [3.05, 3.63) is 35.4 Å². The van der Waals surface area contributed by atoms with Gasteiger partial charge in [0.25, 0.3) is 6.43 Å². The van der Waals surface area contributed by atoms with Gasteiger partial charge in [-0.2, -0.15) is 0 Å². The minimum Gasteiger partial charge on any atom is -0.497 e. The molecule has 18 heavy (non-hydrogen) atoms. The smallest absolute Gasteiger partial charge is 0.330 e. The van der Waals surface area contributed by atoms with Gasteiger partial charge < -0.3 is 9.47 Å². The number of rotatable bonds is 5. The van der Waals surface area contributed by atoms with E-state index in [0.717, 1.165) is 6.08 Å². The fourth-order valence-electron chi connectivity index (χ4n) is 1.37. The molecule has 1 rings (SSSR count). The van der Waals surface area contributed by atoms with Gasteiger partial charge in [-0.3, -0.25) is 0 Å². The molecule has 0 saturated heterocycles. The lowest BCUT2D eigenvalue weighted by Gasteiger charge is -2.07. The fourth-order valence-corrected chi connectivity index (χ4v) is 1.37. The van der Waals surface area contributed by atoms with Crippen LogP contribution in [-0.2, 0) is 9.53 Å². The third kappa shape index (κ3) is 3.84. The van der Waals surface area contributed by atoms with Gasteiger partial charge >= 0.3 is 5.97 Å². The lowest BCUT2D eigenvalue weighted by molar-refractivity contribution is -0.137. The number of carbonyl (C=O) groups is 1. The zero-order valence-electron chi connectivity index (χ0n) is 10.2. The molecule has 0 radical (unpaired) electrons. The van der Waals surface area contributed by atoms with Crippen LogP contribution in [0.4, 0.5) is 8.78 Å². The van der Waals surface area contributed by atoms with Crippen molar-refractivity contribution in [3.63, 3.8) is 0 Å². The Labute approximate surface area is 104 Å². The topological polar surface area (TPSA) is 35.5 Å². The number of benzene rings is 1. The number of esters is 1. The highest BCUT2D eigenvalue weighted by molar-refractivity contribution is 5.87. The summed E-state index contributed by atoms with van der Waals surface area (Å²) in [6.07, 6.45) is -0.210. The highest BCUT2D eigenvalue weighted by Crippen LogP contribution is 2.27. The van der Waals surface area contributed by atoms with E-state index in [1.54, 1.807) is 13.0 Å². The first-order chi connectivity index (χ1) is 8.58. The van der Waals surface area contributed by atoms with Crippen LogP contribution in [0, 0.1) is 0 Å². The maximum Gasteiger partial charge on any atom is 0.330 e. The monoisotopic (exact) mass is 256 g/mol. The molecule has 0 aliphatic carbocycles. The predicted octanol–water partition coefficient (Wildman–Crippen LogP) is 3.21. The van der Waals surface area contributed by atoms with E-state index in [9.17, 15) is 13.6 Å². The Morgan fingerprint density at radius 3 is 2.72 bits per heavy atom. The molecule has 0 spiro atoms. The van der Waals surface area contributed by atoms with Crippen LogP contribution in [-0.4, -0.2) is 19.7 Å². The van der Waals surface area contributed by atoms with Crippen molar-refractivity contribution >= 4 is 12.0 Å². The first-order valence-electron chi connectivity index (χ1n) is 5.39. The predicted molar refractivity (Wildman–Crippen MR) is 63.6 cm³/mol. The number of halogens is 2. The van der Waals surface area contributed by atoms with Gasteiger partial charge in [0.1, 0.15) is 5.75 Å². The molecule has 1 aromatic rings. The third-order valence-corrected chi connectivity index (χ3v) is 2.21. The van der Waals surface area contributed by atoms with Crippen LogP contribution in [0.3, 0.4) is 0 Å². The quantitative estimate of drug-likeness (QED) is 0.599. The van der Waals surface area contributed by atoms with Crippen LogP contribution >= 0.6 is 0 Å². The molecule has 0 bridgehead atoms. The highest BCUT2D eigenvalue weighted by Gasteiger charge is 2.12. The molecule has 0 aliphatic heterocycles. The summed E-state index contributed by atoms with van der Waals surface area (Å²) in [6, 6.07) is 4.27. The Morgan fingerprint density at radius 1 is 1.44 bits per heavy atom. The van der Waals surface area contributed by atoms with Crippen LogP contribution in [0.5, 0.6) is 5.75 Å². The van der Waals surface area contributed by atoms with Crippen LogP contribution in [0.15, 0.2) is 24.3 Å². The Kier molecular flexibility index (Phi) is 5.30. The van der Waals surface area contributed by atoms with Gasteiger partial charge in [-0.05, 0) is 30.7 Å². The molecule has 0 saturated carbocycles. The number of hydrogen-bond acceptors (Lipinski definition) is 3. The van der Waals surface area contributed by atoms with E-state index in [-0.39, 0.29) is 17.7 Å². The van der Waals surface area contributed by atoms with Crippen LogP contribution in [0.2, 0.25) is 0 Å². The maximum absolute atomic E-state index is 12.8. The highest BCUT2D eigenvalue weighted by atomic mass is 19.3. The van der Waals surface area contributed by atoms with Crippen molar-refractivity contribution in [1.82, 2.24) is 0 Å². The number of ether oxygens (including phenoxy) is 2. The summed E-state index contributed by atoms with van der Waals surface area (Å²) in [7, 11) is 1.40. The molecule has 0 atom stereocenters. The van der Waals surface area contributed by atoms with Crippen molar-refractivity contribution in [3.8, 4) is 5.75 Å². The molecule has 98 valence electrons. The van der Waals surface area contributed by atoms with Gasteiger partial charge in [0.05, 0.1) is 13.7 Å². The summed E-state index contributed by atoms with van der Waals surface area (Å²) in [5.74, 6) is -0.216. The summed E-state index contributed by atoms with van der Waals surface area (Å²) < 4.78 is 35.2. The van der Waals surface area contributed by atoms with Crippen molar-refractivity contribution < 1.29 is 23.0 Å². The third-order valence-electron chi connectivity index (χ3n) is 2.21. The minimum atomic E-state index is -2.64. The van der Waals surface area contributed by atoms with E-state index in [1.807, 2.05) is 0 Å². The average molecular weight is 256 g/mol. The van der Waals surface area contributed by atoms with Gasteiger partial charge in [0.15, 0.2) is 0 Å². The Balaban J connectivity index is 2.97.